The molecule has 0 atom stereocenters. The first-order chi connectivity index (χ1) is 7.75. The molecule has 0 saturated carbocycles. The monoisotopic (exact) mass is 216 g/mol. The van der Waals surface area contributed by atoms with Crippen LogP contribution in [0.1, 0.15) is 16.2 Å². The van der Waals surface area contributed by atoms with Gasteiger partial charge >= 0.3 is 5.97 Å². The number of ether oxygens (including phenoxy) is 1. The summed E-state index contributed by atoms with van der Waals surface area (Å²) in [5.74, 6) is -0.311. The third kappa shape index (κ3) is 1.18. The maximum Gasteiger partial charge on any atom is 0.356 e. The number of benzene rings is 1. The largest absolute Gasteiger partial charge is 0.485 e. The van der Waals surface area contributed by atoms with E-state index in [4.69, 9.17) is 9.84 Å². The average molecular weight is 216 g/mol. The molecule has 3 rings (SSSR count). The molecule has 2 heterocycles. The first-order valence-electron chi connectivity index (χ1n) is 4.80. The highest BCUT2D eigenvalue weighted by Gasteiger charge is 2.20. The van der Waals surface area contributed by atoms with Gasteiger partial charge < -0.3 is 9.84 Å². The number of rotatable bonds is 1. The summed E-state index contributed by atoms with van der Waals surface area (Å²) in [6.07, 6.45) is 0. The topological polar surface area (TPSA) is 64.3 Å². The molecule has 0 spiro atoms. The van der Waals surface area contributed by atoms with E-state index in [9.17, 15) is 4.79 Å². The van der Waals surface area contributed by atoms with Gasteiger partial charge in [0, 0.05) is 0 Å². The molecule has 0 radical (unpaired) electrons. The number of nitrogens with zero attached hydrogens (tertiary/aromatic N) is 2. The van der Waals surface area contributed by atoms with Crippen LogP contribution in [0.15, 0.2) is 30.3 Å². The minimum atomic E-state index is -1.03. The molecule has 1 N–H and O–H groups in total. The molecule has 5 heteroatoms. The second-order valence-electron chi connectivity index (χ2n) is 3.49. The zero-order valence-electron chi connectivity index (χ0n) is 8.25. The Kier molecular flexibility index (Phi) is 1.73. The van der Waals surface area contributed by atoms with E-state index < -0.39 is 5.97 Å². The van der Waals surface area contributed by atoms with Gasteiger partial charge in [0.25, 0.3) is 0 Å². The molecular formula is C11H8N2O3. The molecule has 1 aliphatic heterocycles. The fourth-order valence-electron chi connectivity index (χ4n) is 1.74. The van der Waals surface area contributed by atoms with E-state index in [1.54, 1.807) is 4.68 Å². The van der Waals surface area contributed by atoms with Crippen molar-refractivity contribution < 1.29 is 14.6 Å². The SMILES string of the molecule is O=C(O)c1cc2n(n1)-c1ccccc1OC2. The van der Waals surface area contributed by atoms with Crippen molar-refractivity contribution >= 4 is 5.97 Å². The third-order valence-electron chi connectivity index (χ3n) is 2.47. The molecule has 0 aliphatic carbocycles. The minimum absolute atomic E-state index is 0.0373. The molecule has 0 unspecified atom stereocenters. The zero-order chi connectivity index (χ0) is 11.1. The Morgan fingerprint density at radius 2 is 2.25 bits per heavy atom. The standard InChI is InChI=1S/C11H8N2O3/c14-11(15)8-5-7-6-16-10-4-2-1-3-9(10)13(7)12-8/h1-5H,6H2,(H,14,15). The van der Waals surface area contributed by atoms with E-state index in [2.05, 4.69) is 5.10 Å². The lowest BCUT2D eigenvalue weighted by Gasteiger charge is -2.18. The molecule has 2 aromatic rings. The van der Waals surface area contributed by atoms with E-state index in [0.29, 0.717) is 6.61 Å². The van der Waals surface area contributed by atoms with Crippen molar-refractivity contribution in [2.75, 3.05) is 0 Å². The number of carboxylic acid groups (broad SMARTS) is 1. The number of para-hydroxylation sites is 2. The van der Waals surface area contributed by atoms with Gasteiger partial charge in [-0.1, -0.05) is 12.1 Å². The van der Waals surface area contributed by atoms with Crippen LogP contribution in [0.25, 0.3) is 5.69 Å². The fraction of sp³-hybridized carbons (Fsp3) is 0.0909. The van der Waals surface area contributed by atoms with Crippen LogP contribution >= 0.6 is 0 Å². The summed E-state index contributed by atoms with van der Waals surface area (Å²) in [7, 11) is 0. The summed E-state index contributed by atoms with van der Waals surface area (Å²) < 4.78 is 7.10. The normalized spacial score (nSPS) is 12.5. The predicted octanol–water partition coefficient (Wildman–Crippen LogP) is 1.46. The molecule has 0 saturated heterocycles. The van der Waals surface area contributed by atoms with Crippen molar-refractivity contribution in [2.24, 2.45) is 0 Å². The van der Waals surface area contributed by atoms with Gasteiger partial charge in [-0.05, 0) is 18.2 Å². The number of aromatic carboxylic acids is 1. The van der Waals surface area contributed by atoms with Crippen LogP contribution in [0.5, 0.6) is 5.75 Å². The minimum Gasteiger partial charge on any atom is -0.485 e. The molecule has 0 bridgehead atoms. The number of hydrogen-bond acceptors (Lipinski definition) is 3. The van der Waals surface area contributed by atoms with Crippen LogP contribution in [-0.4, -0.2) is 20.9 Å². The second-order valence-corrected chi connectivity index (χ2v) is 3.49. The van der Waals surface area contributed by atoms with Crippen molar-refractivity contribution in [3.05, 3.63) is 41.7 Å². The Morgan fingerprint density at radius 1 is 1.44 bits per heavy atom. The Morgan fingerprint density at radius 3 is 3.06 bits per heavy atom. The highest BCUT2D eigenvalue weighted by Crippen LogP contribution is 2.28. The first-order valence-corrected chi connectivity index (χ1v) is 4.80. The Balaban J connectivity index is 2.20. The highest BCUT2D eigenvalue weighted by atomic mass is 16.5. The van der Waals surface area contributed by atoms with E-state index >= 15 is 0 Å². The van der Waals surface area contributed by atoms with Crippen LogP contribution in [0, 0.1) is 0 Å². The Bertz CT molecular complexity index is 574. The Labute approximate surface area is 90.9 Å². The van der Waals surface area contributed by atoms with Gasteiger partial charge in [-0.2, -0.15) is 5.10 Å². The van der Waals surface area contributed by atoms with Crippen molar-refractivity contribution in [3.8, 4) is 11.4 Å². The fourth-order valence-corrected chi connectivity index (χ4v) is 1.74. The third-order valence-corrected chi connectivity index (χ3v) is 2.47. The van der Waals surface area contributed by atoms with Crippen molar-refractivity contribution in [1.82, 2.24) is 9.78 Å². The number of aromatic nitrogens is 2. The van der Waals surface area contributed by atoms with Gasteiger partial charge in [-0.15, -0.1) is 0 Å². The second kappa shape index (κ2) is 3.10. The summed E-state index contributed by atoms with van der Waals surface area (Å²) in [6.45, 7) is 0.345. The van der Waals surface area contributed by atoms with Gasteiger partial charge in [0.05, 0.1) is 5.69 Å². The van der Waals surface area contributed by atoms with Crippen molar-refractivity contribution in [3.63, 3.8) is 0 Å². The quantitative estimate of drug-likeness (QED) is 0.783. The number of hydrogen-bond donors (Lipinski definition) is 1. The molecule has 1 aliphatic rings. The van der Waals surface area contributed by atoms with Gasteiger partial charge in [-0.25, -0.2) is 9.48 Å². The Hall–Kier alpha value is -2.30. The van der Waals surface area contributed by atoms with Crippen LogP contribution in [0.2, 0.25) is 0 Å². The predicted molar refractivity (Wildman–Crippen MR) is 54.9 cm³/mol. The highest BCUT2D eigenvalue weighted by molar-refractivity contribution is 5.85. The van der Waals surface area contributed by atoms with E-state index in [1.807, 2.05) is 24.3 Å². The van der Waals surface area contributed by atoms with Crippen LogP contribution in [-0.2, 0) is 6.61 Å². The first kappa shape index (κ1) is 8.96. The molecule has 1 aromatic heterocycles. The van der Waals surface area contributed by atoms with Crippen LogP contribution in [0.4, 0.5) is 0 Å². The van der Waals surface area contributed by atoms with E-state index in [0.717, 1.165) is 17.1 Å². The maximum absolute atomic E-state index is 10.8. The lowest BCUT2D eigenvalue weighted by Crippen LogP contribution is -2.13. The van der Waals surface area contributed by atoms with Gasteiger partial charge in [0.1, 0.15) is 18.0 Å². The molecule has 5 nitrogen and oxygen atoms in total. The number of fused-ring (bicyclic) bond motifs is 3. The molecule has 1 aromatic carbocycles. The van der Waals surface area contributed by atoms with Gasteiger partial charge in [0.2, 0.25) is 0 Å². The lowest BCUT2D eigenvalue weighted by molar-refractivity contribution is 0.0690. The summed E-state index contributed by atoms with van der Waals surface area (Å²) in [5.41, 5.74) is 1.56. The van der Waals surface area contributed by atoms with Gasteiger partial charge in [-0.3, -0.25) is 0 Å². The van der Waals surface area contributed by atoms with E-state index in [-0.39, 0.29) is 5.69 Å². The van der Waals surface area contributed by atoms with Gasteiger partial charge in [0.15, 0.2) is 5.69 Å². The molecule has 0 amide bonds. The zero-order valence-corrected chi connectivity index (χ0v) is 8.25. The molecule has 16 heavy (non-hydrogen) atoms. The molecular weight excluding hydrogens is 208 g/mol. The lowest BCUT2D eigenvalue weighted by atomic mass is 10.2. The van der Waals surface area contributed by atoms with Crippen LogP contribution in [0.3, 0.4) is 0 Å². The molecule has 80 valence electrons. The molecule has 0 fully saturated rings. The summed E-state index contributed by atoms with van der Waals surface area (Å²) in [6, 6.07) is 8.93. The summed E-state index contributed by atoms with van der Waals surface area (Å²) in [5, 5.41) is 12.9. The number of carboxylic acids is 1. The summed E-state index contributed by atoms with van der Waals surface area (Å²) in [4.78, 5) is 10.8. The van der Waals surface area contributed by atoms with Crippen LogP contribution < -0.4 is 4.74 Å². The smallest absolute Gasteiger partial charge is 0.356 e. The number of carbonyl (C=O) groups is 1. The average Bonchev–Trinajstić information content (AvgIpc) is 2.73. The summed E-state index contributed by atoms with van der Waals surface area (Å²) >= 11 is 0. The van der Waals surface area contributed by atoms with Crippen molar-refractivity contribution in [2.45, 2.75) is 6.61 Å². The maximum atomic E-state index is 10.8. The van der Waals surface area contributed by atoms with E-state index in [1.165, 1.54) is 6.07 Å². The van der Waals surface area contributed by atoms with Crippen molar-refractivity contribution in [1.29, 1.82) is 0 Å².